The molecule has 5 rings (SSSR count). The number of carbonyl (C=O) groups is 1. The molecule has 10 heteroatoms. The van der Waals surface area contributed by atoms with E-state index in [0.29, 0.717) is 46.7 Å². The third-order valence-electron chi connectivity index (χ3n) is 6.80. The summed E-state index contributed by atoms with van der Waals surface area (Å²) < 4.78 is 26.6. The van der Waals surface area contributed by atoms with Crippen LogP contribution < -0.4 is 26.4 Å². The number of hydrogen-bond acceptors (Lipinski definition) is 8. The first-order valence-electron chi connectivity index (χ1n) is 11.9. The molecule has 184 valence electrons. The van der Waals surface area contributed by atoms with Crippen molar-refractivity contribution in [1.29, 1.82) is 0 Å². The van der Waals surface area contributed by atoms with Crippen LogP contribution in [-0.4, -0.2) is 48.4 Å². The number of nitrogens with two attached hydrogens (primary N) is 1. The minimum atomic E-state index is -0.569. The molecule has 0 radical (unpaired) electrons. The summed E-state index contributed by atoms with van der Waals surface area (Å²) in [5, 5.41) is 10.3. The second-order valence-electron chi connectivity index (χ2n) is 8.94. The number of carbonyl (C=O) groups excluding carboxylic acids is 1. The molecule has 0 saturated heterocycles. The van der Waals surface area contributed by atoms with Gasteiger partial charge in [0, 0.05) is 41.5 Å². The van der Waals surface area contributed by atoms with Gasteiger partial charge in [-0.2, -0.15) is 0 Å². The van der Waals surface area contributed by atoms with Crippen LogP contribution in [0.3, 0.4) is 0 Å². The number of benzene rings is 1. The quantitative estimate of drug-likeness (QED) is 0.410. The van der Waals surface area contributed by atoms with Crippen molar-refractivity contribution in [3.63, 3.8) is 0 Å². The molecule has 3 heterocycles. The van der Waals surface area contributed by atoms with Crippen LogP contribution in [0.25, 0.3) is 21.9 Å². The van der Waals surface area contributed by atoms with Crippen LogP contribution in [0.15, 0.2) is 24.5 Å². The summed E-state index contributed by atoms with van der Waals surface area (Å²) in [4.78, 5) is 21.2. The number of rotatable bonds is 4. The highest BCUT2D eigenvalue weighted by atomic mass is 19.1. The van der Waals surface area contributed by atoms with Crippen molar-refractivity contribution in [2.45, 2.75) is 44.8 Å². The van der Waals surface area contributed by atoms with Crippen molar-refractivity contribution in [3.8, 4) is 17.0 Å². The molecule has 1 amide bonds. The average molecular weight is 481 g/mol. The zero-order valence-corrected chi connectivity index (χ0v) is 19.8. The molecule has 9 nitrogen and oxygen atoms in total. The number of ether oxygens (including phenoxy) is 2. The molecule has 2 aliphatic rings. The van der Waals surface area contributed by atoms with Gasteiger partial charge in [-0.25, -0.2) is 19.2 Å². The third kappa shape index (κ3) is 4.41. The van der Waals surface area contributed by atoms with Gasteiger partial charge in [0.15, 0.2) is 5.82 Å². The van der Waals surface area contributed by atoms with Crippen molar-refractivity contribution < 1.29 is 18.7 Å². The Kier molecular flexibility index (Phi) is 6.29. The van der Waals surface area contributed by atoms with E-state index in [9.17, 15) is 4.79 Å². The van der Waals surface area contributed by atoms with Crippen LogP contribution in [0.1, 0.15) is 31.2 Å². The zero-order valence-electron chi connectivity index (χ0n) is 19.8. The van der Waals surface area contributed by atoms with Crippen molar-refractivity contribution in [1.82, 2.24) is 15.3 Å². The lowest BCUT2D eigenvalue weighted by Gasteiger charge is -2.30. The van der Waals surface area contributed by atoms with Crippen molar-refractivity contribution in [2.24, 2.45) is 0 Å². The van der Waals surface area contributed by atoms with Crippen molar-refractivity contribution in [3.05, 3.63) is 35.9 Å². The Hall–Kier alpha value is -3.66. The van der Waals surface area contributed by atoms with Crippen LogP contribution in [0, 0.1) is 12.7 Å². The summed E-state index contributed by atoms with van der Waals surface area (Å²) in [5.74, 6) is 0.252. The Morgan fingerprint density at radius 2 is 2.06 bits per heavy atom. The zero-order chi connectivity index (χ0) is 24.5. The molecule has 35 heavy (non-hydrogen) atoms. The second-order valence-corrected chi connectivity index (χ2v) is 8.94. The number of pyridine rings is 2. The third-order valence-corrected chi connectivity index (χ3v) is 6.80. The lowest BCUT2D eigenvalue weighted by atomic mass is 9.92. The molecule has 3 aromatic rings. The van der Waals surface area contributed by atoms with Crippen molar-refractivity contribution in [2.75, 3.05) is 36.6 Å². The standard InChI is InChI=1S/C25H29FN6O3/c1-13-16(11-31-24-23(13)29-7-8-34-24)15-9-14-10-20(30-12-17(14)22(27)21(15)26)32-25(33)35-19-6-4-3-5-18(19)28-2/h9-12,18-19,28-29H,3-8,27H2,1-2H3,(H,30,32,33)/t18-,19-/m0/s1. The van der Waals surface area contributed by atoms with Gasteiger partial charge < -0.3 is 25.8 Å². The number of nitrogens with zero attached hydrogens (tertiary/aromatic N) is 2. The normalized spacial score (nSPS) is 19.4. The van der Waals surface area contributed by atoms with Gasteiger partial charge in [0.2, 0.25) is 5.88 Å². The van der Waals surface area contributed by atoms with Crippen LogP contribution >= 0.6 is 0 Å². The van der Waals surface area contributed by atoms with Crippen LogP contribution in [-0.2, 0) is 4.74 Å². The predicted octanol–water partition coefficient (Wildman–Crippen LogP) is 4.21. The molecule has 1 aliphatic carbocycles. The van der Waals surface area contributed by atoms with Gasteiger partial charge in [-0.15, -0.1) is 0 Å². The number of fused-ring (bicyclic) bond motifs is 2. The predicted molar refractivity (Wildman–Crippen MR) is 133 cm³/mol. The monoisotopic (exact) mass is 480 g/mol. The first-order chi connectivity index (χ1) is 17.0. The summed E-state index contributed by atoms with van der Waals surface area (Å²) in [6.45, 7) is 3.06. The van der Waals surface area contributed by atoms with Gasteiger partial charge in [0.25, 0.3) is 0 Å². The van der Waals surface area contributed by atoms with E-state index >= 15 is 4.39 Å². The molecule has 0 bridgehead atoms. The molecule has 1 aromatic carbocycles. The molecule has 1 fully saturated rings. The van der Waals surface area contributed by atoms with E-state index in [1.165, 1.54) is 6.20 Å². The van der Waals surface area contributed by atoms with Gasteiger partial charge in [0.05, 0.1) is 5.69 Å². The summed E-state index contributed by atoms with van der Waals surface area (Å²) in [6, 6.07) is 3.49. The van der Waals surface area contributed by atoms with Gasteiger partial charge in [-0.3, -0.25) is 5.32 Å². The molecule has 5 N–H and O–H groups in total. The van der Waals surface area contributed by atoms with E-state index in [1.54, 1.807) is 18.3 Å². The maximum atomic E-state index is 15.3. The highest BCUT2D eigenvalue weighted by Crippen LogP contribution is 2.39. The summed E-state index contributed by atoms with van der Waals surface area (Å²) in [5.41, 5.74) is 8.62. The van der Waals surface area contributed by atoms with E-state index in [4.69, 9.17) is 15.2 Å². The summed E-state index contributed by atoms with van der Waals surface area (Å²) >= 11 is 0. The molecule has 0 spiro atoms. The Labute approximate surface area is 202 Å². The first-order valence-corrected chi connectivity index (χ1v) is 11.9. The average Bonchev–Trinajstić information content (AvgIpc) is 2.87. The molecular formula is C25H29FN6O3. The molecule has 0 unspecified atom stereocenters. The maximum Gasteiger partial charge on any atom is 0.413 e. The first kappa shape index (κ1) is 23.1. The van der Waals surface area contributed by atoms with Crippen molar-refractivity contribution >= 4 is 34.1 Å². The lowest BCUT2D eigenvalue weighted by molar-refractivity contribution is 0.0640. The Balaban J connectivity index is 1.44. The number of aromatic nitrogens is 2. The van der Waals surface area contributed by atoms with E-state index < -0.39 is 11.9 Å². The lowest BCUT2D eigenvalue weighted by Crippen LogP contribution is -2.43. The molecular weight excluding hydrogens is 451 g/mol. The fraction of sp³-hybridized carbons (Fsp3) is 0.400. The number of halogens is 1. The van der Waals surface area contributed by atoms with Crippen LogP contribution in [0.4, 0.5) is 26.4 Å². The van der Waals surface area contributed by atoms with Gasteiger partial charge in [-0.1, -0.05) is 6.42 Å². The minimum absolute atomic E-state index is 0.0143. The van der Waals surface area contributed by atoms with E-state index in [1.807, 2.05) is 14.0 Å². The van der Waals surface area contributed by atoms with E-state index in [-0.39, 0.29) is 17.8 Å². The van der Waals surface area contributed by atoms with Crippen LogP contribution in [0.5, 0.6) is 5.88 Å². The topological polar surface area (TPSA) is 123 Å². The Morgan fingerprint density at radius 3 is 2.89 bits per heavy atom. The highest BCUT2D eigenvalue weighted by molar-refractivity contribution is 5.99. The Morgan fingerprint density at radius 1 is 1.23 bits per heavy atom. The van der Waals surface area contributed by atoms with Crippen LogP contribution in [0.2, 0.25) is 0 Å². The number of anilines is 3. The van der Waals surface area contributed by atoms with E-state index in [0.717, 1.165) is 36.9 Å². The SMILES string of the molecule is CN[C@H]1CCCC[C@@H]1OC(=O)Nc1cc2cc(-c3cnc4c(c3C)NCCO4)c(F)c(N)c2cn1. The van der Waals surface area contributed by atoms with Gasteiger partial charge >= 0.3 is 6.09 Å². The summed E-state index contributed by atoms with van der Waals surface area (Å²) in [7, 11) is 1.87. The maximum absolute atomic E-state index is 15.3. The summed E-state index contributed by atoms with van der Waals surface area (Å²) in [6.07, 6.45) is 6.20. The van der Waals surface area contributed by atoms with Gasteiger partial charge in [-0.05, 0) is 56.3 Å². The molecule has 1 aliphatic heterocycles. The highest BCUT2D eigenvalue weighted by Gasteiger charge is 2.27. The number of likely N-dealkylation sites (N-methyl/N-ethyl adjacent to an activating group) is 1. The fourth-order valence-electron chi connectivity index (χ4n) is 4.89. The van der Waals surface area contributed by atoms with E-state index in [2.05, 4.69) is 25.9 Å². The number of nitrogens with one attached hydrogen (secondary N) is 3. The van der Waals surface area contributed by atoms with Gasteiger partial charge in [0.1, 0.15) is 24.2 Å². The molecule has 2 aromatic heterocycles. The number of hydrogen-bond donors (Lipinski definition) is 4. The Bertz CT molecular complexity index is 1280. The second kappa shape index (κ2) is 9.53. The minimum Gasteiger partial charge on any atom is -0.474 e. The molecule has 2 atom stereocenters. The number of amides is 1. The fourth-order valence-corrected chi connectivity index (χ4v) is 4.89. The smallest absolute Gasteiger partial charge is 0.413 e. The molecule has 1 saturated carbocycles. The largest absolute Gasteiger partial charge is 0.474 e. The number of nitrogen functional groups attached to an aromatic ring is 1.